The van der Waals surface area contributed by atoms with Gasteiger partial charge < -0.3 is 20.2 Å². The number of aromatic nitrogens is 2. The molecule has 152 valence electrons. The van der Waals surface area contributed by atoms with E-state index in [9.17, 15) is 22.8 Å². The van der Waals surface area contributed by atoms with Crippen molar-refractivity contribution in [2.75, 3.05) is 6.26 Å². The first kappa shape index (κ1) is 22.5. The average molecular weight is 404 g/mol. The minimum atomic E-state index is -3.58. The van der Waals surface area contributed by atoms with Crippen LogP contribution in [0, 0.1) is 5.92 Å². The van der Waals surface area contributed by atoms with Gasteiger partial charge in [-0.15, -0.1) is 5.10 Å². The van der Waals surface area contributed by atoms with Gasteiger partial charge in [-0.1, -0.05) is 18.9 Å². The van der Waals surface area contributed by atoms with E-state index in [-0.39, 0.29) is 24.7 Å². The molecule has 11 nitrogen and oxygen atoms in total. The van der Waals surface area contributed by atoms with E-state index in [0.717, 1.165) is 6.26 Å². The Morgan fingerprint density at radius 2 is 1.78 bits per heavy atom. The van der Waals surface area contributed by atoms with E-state index in [1.54, 1.807) is 13.8 Å². The zero-order chi connectivity index (χ0) is 20.8. The maximum Gasteiger partial charge on any atom is 0.335 e. The van der Waals surface area contributed by atoms with Gasteiger partial charge in [-0.3, -0.25) is 14.4 Å². The Morgan fingerprint density at radius 3 is 2.26 bits per heavy atom. The highest BCUT2D eigenvalue weighted by atomic mass is 32.2. The number of amides is 2. The molecule has 1 aromatic rings. The number of hydrogen-bond donors (Lipinski definition) is 3. The van der Waals surface area contributed by atoms with Crippen LogP contribution in [0.1, 0.15) is 39.5 Å². The standard InChI is InChI=1S/C15H24N4O7S/c1-8(2)12(13(21)16-9(3)14(22)23)17-10(20)6-5-7-11-18-19-15(26-11)27(4,24)25/h8-9,12H,5-7H2,1-4H3,(H,16,21)(H,17,20)(H,22,23)/t9-,12+/m1/s1. The second-order valence-corrected chi connectivity index (χ2v) is 8.34. The number of carbonyl (C=O) groups is 3. The first-order chi connectivity index (χ1) is 12.4. The minimum Gasteiger partial charge on any atom is -0.480 e. The van der Waals surface area contributed by atoms with E-state index in [4.69, 9.17) is 9.52 Å². The van der Waals surface area contributed by atoms with Gasteiger partial charge in [0.1, 0.15) is 12.1 Å². The number of sulfone groups is 1. The first-order valence-corrected chi connectivity index (χ1v) is 10.2. The van der Waals surface area contributed by atoms with Crippen molar-refractivity contribution in [1.29, 1.82) is 0 Å². The summed E-state index contributed by atoms with van der Waals surface area (Å²) in [4.78, 5) is 35.0. The molecule has 0 aliphatic rings. The fourth-order valence-electron chi connectivity index (χ4n) is 2.03. The Kier molecular flexibility index (Phi) is 7.88. The van der Waals surface area contributed by atoms with Crippen molar-refractivity contribution in [3.63, 3.8) is 0 Å². The molecule has 0 fully saturated rings. The van der Waals surface area contributed by atoms with E-state index in [1.807, 2.05) is 0 Å². The molecule has 0 unspecified atom stereocenters. The van der Waals surface area contributed by atoms with Crippen LogP contribution in [0.3, 0.4) is 0 Å². The van der Waals surface area contributed by atoms with Gasteiger partial charge >= 0.3 is 11.2 Å². The highest BCUT2D eigenvalue weighted by Crippen LogP contribution is 2.10. The Hall–Kier alpha value is -2.50. The number of nitrogens with one attached hydrogen (secondary N) is 2. The van der Waals surface area contributed by atoms with Crippen LogP contribution in [-0.2, 0) is 30.6 Å². The summed E-state index contributed by atoms with van der Waals surface area (Å²) in [5.74, 6) is -2.32. The number of aliphatic carboxylic acids is 1. The highest BCUT2D eigenvalue weighted by molar-refractivity contribution is 7.90. The summed E-state index contributed by atoms with van der Waals surface area (Å²) in [5, 5.41) is 20.3. The van der Waals surface area contributed by atoms with Gasteiger partial charge in [0.2, 0.25) is 27.5 Å². The third kappa shape index (κ3) is 7.33. The number of rotatable bonds is 10. The average Bonchev–Trinajstić information content (AvgIpc) is 3.01. The Labute approximate surface area is 156 Å². The van der Waals surface area contributed by atoms with Crippen molar-refractivity contribution in [1.82, 2.24) is 20.8 Å². The number of carbonyl (C=O) groups excluding carboxylic acids is 2. The summed E-state index contributed by atoms with van der Waals surface area (Å²) in [6.45, 7) is 4.77. The van der Waals surface area contributed by atoms with Gasteiger partial charge in [0.25, 0.3) is 0 Å². The Morgan fingerprint density at radius 1 is 1.15 bits per heavy atom. The third-order valence-corrected chi connectivity index (χ3v) is 4.35. The lowest BCUT2D eigenvalue weighted by molar-refractivity contribution is -0.142. The number of nitrogens with zero attached hydrogens (tertiary/aromatic N) is 2. The smallest absolute Gasteiger partial charge is 0.335 e. The molecule has 1 heterocycles. The quantitative estimate of drug-likeness (QED) is 0.466. The fourth-order valence-corrected chi connectivity index (χ4v) is 2.47. The molecule has 0 saturated carbocycles. The number of carboxylic acids is 1. The zero-order valence-corrected chi connectivity index (χ0v) is 16.4. The minimum absolute atomic E-state index is 0.0432. The first-order valence-electron chi connectivity index (χ1n) is 8.26. The van der Waals surface area contributed by atoms with Crippen molar-refractivity contribution >= 4 is 27.6 Å². The predicted molar refractivity (Wildman–Crippen MR) is 92.4 cm³/mol. The van der Waals surface area contributed by atoms with E-state index in [1.165, 1.54) is 6.92 Å². The largest absolute Gasteiger partial charge is 0.480 e. The zero-order valence-electron chi connectivity index (χ0n) is 15.6. The van der Waals surface area contributed by atoms with Crippen LogP contribution >= 0.6 is 0 Å². The number of aryl methyl sites for hydroxylation is 1. The SMILES string of the molecule is CC(C)[C@H](NC(=O)CCCc1nnc(S(C)(=O)=O)o1)C(=O)N[C@H](C)C(=O)O. The summed E-state index contributed by atoms with van der Waals surface area (Å²) in [5.41, 5.74) is 0. The molecule has 0 bridgehead atoms. The van der Waals surface area contributed by atoms with E-state index in [2.05, 4.69) is 20.8 Å². The van der Waals surface area contributed by atoms with Crippen molar-refractivity contribution < 1.29 is 32.3 Å². The second-order valence-electron chi connectivity index (χ2n) is 6.45. The molecule has 0 aliphatic carbocycles. The molecule has 0 saturated heterocycles. The van der Waals surface area contributed by atoms with Gasteiger partial charge in [-0.05, 0) is 19.3 Å². The molecular weight excluding hydrogens is 380 g/mol. The number of hydrogen-bond acceptors (Lipinski definition) is 8. The topological polar surface area (TPSA) is 169 Å². The van der Waals surface area contributed by atoms with Gasteiger partial charge in [0.05, 0.1) is 0 Å². The number of carboxylic acid groups (broad SMARTS) is 1. The van der Waals surface area contributed by atoms with Gasteiger partial charge in [0, 0.05) is 19.1 Å². The molecule has 2 amide bonds. The summed E-state index contributed by atoms with van der Waals surface area (Å²) >= 11 is 0. The molecule has 2 atom stereocenters. The lowest BCUT2D eigenvalue weighted by atomic mass is 10.0. The van der Waals surface area contributed by atoms with Crippen molar-refractivity contribution in [3.05, 3.63) is 5.89 Å². The summed E-state index contributed by atoms with van der Waals surface area (Å²) in [6.07, 6.45) is 1.49. The molecule has 27 heavy (non-hydrogen) atoms. The molecular formula is C15H24N4O7S. The Balaban J connectivity index is 2.54. The molecule has 1 rings (SSSR count). The molecule has 0 aromatic carbocycles. The van der Waals surface area contributed by atoms with E-state index < -0.39 is 44.9 Å². The Bertz CT molecular complexity index is 788. The van der Waals surface area contributed by atoms with E-state index >= 15 is 0 Å². The van der Waals surface area contributed by atoms with Crippen LogP contribution < -0.4 is 10.6 Å². The lowest BCUT2D eigenvalue weighted by Gasteiger charge is -2.22. The molecule has 0 spiro atoms. The van der Waals surface area contributed by atoms with E-state index in [0.29, 0.717) is 6.42 Å². The highest BCUT2D eigenvalue weighted by Gasteiger charge is 2.26. The molecule has 3 N–H and O–H groups in total. The monoisotopic (exact) mass is 404 g/mol. The molecule has 0 radical (unpaired) electrons. The third-order valence-electron chi connectivity index (χ3n) is 3.55. The van der Waals surface area contributed by atoms with Gasteiger partial charge in [0.15, 0.2) is 0 Å². The molecule has 12 heteroatoms. The lowest BCUT2D eigenvalue weighted by Crippen LogP contribution is -2.53. The second kappa shape index (κ2) is 9.44. The predicted octanol–water partition coefficient (Wildman–Crippen LogP) is -0.474. The van der Waals surface area contributed by atoms with Crippen LogP contribution in [0.4, 0.5) is 0 Å². The van der Waals surface area contributed by atoms with Crippen LogP contribution in [0.2, 0.25) is 0 Å². The van der Waals surface area contributed by atoms with Crippen LogP contribution in [0.5, 0.6) is 0 Å². The van der Waals surface area contributed by atoms with Crippen LogP contribution in [0.25, 0.3) is 0 Å². The maximum absolute atomic E-state index is 12.1. The summed E-state index contributed by atoms with van der Waals surface area (Å²) in [7, 11) is -3.58. The molecule has 0 aliphatic heterocycles. The van der Waals surface area contributed by atoms with Crippen molar-refractivity contribution in [2.45, 2.75) is 57.3 Å². The van der Waals surface area contributed by atoms with Crippen molar-refractivity contribution in [3.8, 4) is 0 Å². The van der Waals surface area contributed by atoms with Crippen LogP contribution in [0.15, 0.2) is 9.64 Å². The van der Waals surface area contributed by atoms with Crippen molar-refractivity contribution in [2.24, 2.45) is 5.92 Å². The van der Waals surface area contributed by atoms with Gasteiger partial charge in [-0.25, -0.2) is 8.42 Å². The molecule has 1 aromatic heterocycles. The fraction of sp³-hybridized carbons (Fsp3) is 0.667. The van der Waals surface area contributed by atoms with Gasteiger partial charge in [-0.2, -0.15) is 0 Å². The summed E-state index contributed by atoms with van der Waals surface area (Å²) in [6, 6.07) is -1.95. The van der Waals surface area contributed by atoms with Crippen LogP contribution in [-0.4, -0.2) is 59.8 Å². The summed E-state index contributed by atoms with van der Waals surface area (Å²) < 4.78 is 27.5. The maximum atomic E-state index is 12.1. The normalized spacial score (nSPS) is 13.8.